The van der Waals surface area contributed by atoms with Gasteiger partial charge in [0.25, 0.3) is 0 Å². The van der Waals surface area contributed by atoms with Crippen LogP contribution in [0.15, 0.2) is 176 Å². The summed E-state index contributed by atoms with van der Waals surface area (Å²) in [5.74, 6) is -0.138. The van der Waals surface area contributed by atoms with Crippen molar-refractivity contribution in [3.8, 4) is 78.6 Å². The maximum absolute atomic E-state index is 11.3. The number of benzene rings is 7. The molecule has 57 heavy (non-hydrogen) atoms. The van der Waals surface area contributed by atoms with Crippen LogP contribution in [0.1, 0.15) is 32.2 Å². The largest absolute Gasteiger partial charge is 0.507 e. The quantitative estimate of drug-likeness (QED) is 0.155. The number of phenolic OH excluding ortho intramolecular Hbond substituents is 1. The molecule has 280 valence electrons. The second-order valence-corrected chi connectivity index (χ2v) is 14.5. The van der Waals surface area contributed by atoms with Crippen LogP contribution >= 0.6 is 0 Å². The van der Waals surface area contributed by atoms with Crippen molar-refractivity contribution in [3.05, 3.63) is 193 Å². The molecule has 7 aromatic carbocycles. The van der Waals surface area contributed by atoms with E-state index in [2.05, 4.69) is 133 Å². The number of aromatic nitrogens is 3. The van der Waals surface area contributed by atoms with Crippen LogP contribution in [-0.2, 0) is 21.1 Å². The van der Waals surface area contributed by atoms with Crippen LogP contribution in [0, 0.1) is 13.0 Å². The van der Waals surface area contributed by atoms with Crippen LogP contribution in [0.5, 0.6) is 5.75 Å². The monoisotopic (exact) mass is 918 g/mol. The number of imidazole rings is 1. The number of para-hydroxylation sites is 2. The number of pyridine rings is 1. The fourth-order valence-corrected chi connectivity index (χ4v) is 7.40. The van der Waals surface area contributed by atoms with Crippen LogP contribution < -0.4 is 0 Å². The number of aromatic hydroxyl groups is 1. The van der Waals surface area contributed by atoms with Gasteiger partial charge in [0, 0.05) is 40.0 Å². The number of hydrogen-bond acceptors (Lipinski definition) is 3. The van der Waals surface area contributed by atoms with Gasteiger partial charge in [0.15, 0.2) is 0 Å². The second-order valence-electron chi connectivity index (χ2n) is 14.5. The predicted octanol–water partition coefficient (Wildman–Crippen LogP) is 13.4. The summed E-state index contributed by atoms with van der Waals surface area (Å²) in [5.41, 5.74) is 15.0. The molecule has 0 saturated carbocycles. The summed E-state index contributed by atoms with van der Waals surface area (Å²) in [6.07, 6.45) is 1.87. The maximum atomic E-state index is 11.3. The zero-order valence-electron chi connectivity index (χ0n) is 32.8. The second kappa shape index (κ2) is 16.0. The molecule has 2 heterocycles. The van der Waals surface area contributed by atoms with Gasteiger partial charge in [-0.1, -0.05) is 157 Å². The molecule has 0 amide bonds. The van der Waals surface area contributed by atoms with Gasteiger partial charge in [-0.3, -0.25) is 9.55 Å². The molecule has 0 bridgehead atoms. The Morgan fingerprint density at radius 3 is 1.93 bits per heavy atom. The predicted molar refractivity (Wildman–Crippen MR) is 231 cm³/mol. The van der Waals surface area contributed by atoms with Gasteiger partial charge in [-0.2, -0.15) is 0 Å². The van der Waals surface area contributed by atoms with Gasteiger partial charge in [-0.25, -0.2) is 4.98 Å². The number of aryl methyl sites for hydroxylation is 1. The van der Waals surface area contributed by atoms with Crippen molar-refractivity contribution in [2.75, 3.05) is 0 Å². The number of rotatable bonds is 8. The minimum Gasteiger partial charge on any atom is -0.507 e. The normalized spacial score (nSPS) is 11.6. The van der Waals surface area contributed by atoms with Crippen molar-refractivity contribution in [3.63, 3.8) is 0 Å². The fourth-order valence-electron chi connectivity index (χ4n) is 7.40. The molecule has 2 aromatic heterocycles. The summed E-state index contributed by atoms with van der Waals surface area (Å²) in [4.78, 5) is 10.2. The molecule has 0 atom stereocenters. The minimum absolute atomic E-state index is 0. The van der Waals surface area contributed by atoms with Crippen LogP contribution in [0.25, 0.3) is 83.9 Å². The molecule has 0 unspecified atom stereocenters. The van der Waals surface area contributed by atoms with Crippen LogP contribution in [-0.4, -0.2) is 19.6 Å². The molecule has 5 heteroatoms. The molecule has 9 rings (SSSR count). The molecular formula is C52H40N3OPt-. The molecule has 0 aliphatic heterocycles. The summed E-state index contributed by atoms with van der Waals surface area (Å²) >= 11 is 0. The van der Waals surface area contributed by atoms with Gasteiger partial charge in [0.1, 0.15) is 11.6 Å². The van der Waals surface area contributed by atoms with Crippen LogP contribution in [0.4, 0.5) is 0 Å². The Kier molecular flexibility index (Phi) is 10.2. The van der Waals surface area contributed by atoms with E-state index >= 15 is 0 Å². The summed E-state index contributed by atoms with van der Waals surface area (Å²) in [5, 5.41) is 11.3. The van der Waals surface area contributed by atoms with E-state index in [1.54, 1.807) is 6.07 Å². The van der Waals surface area contributed by atoms with Crippen molar-refractivity contribution in [2.24, 2.45) is 0 Å². The van der Waals surface area contributed by atoms with Gasteiger partial charge >= 0.3 is 0 Å². The van der Waals surface area contributed by atoms with Crippen molar-refractivity contribution in [1.82, 2.24) is 14.5 Å². The van der Waals surface area contributed by atoms with Crippen LogP contribution in [0.3, 0.4) is 0 Å². The molecule has 0 saturated heterocycles. The molecular weight excluding hydrogens is 878 g/mol. The first-order valence-corrected chi connectivity index (χ1v) is 18.9. The summed E-state index contributed by atoms with van der Waals surface area (Å²) in [7, 11) is 0. The summed E-state index contributed by atoms with van der Waals surface area (Å²) in [6, 6.07) is 61.3. The Bertz CT molecular complexity index is 2900. The Morgan fingerprint density at radius 1 is 0.596 bits per heavy atom. The van der Waals surface area contributed by atoms with E-state index < -0.39 is 5.89 Å². The zero-order valence-corrected chi connectivity index (χ0v) is 34.1. The Morgan fingerprint density at radius 2 is 1.23 bits per heavy atom. The third-order valence-electron chi connectivity index (χ3n) is 10.4. The van der Waals surface area contributed by atoms with Gasteiger partial charge in [-0.15, -0.1) is 23.8 Å². The van der Waals surface area contributed by atoms with Gasteiger partial charge in [0.05, 0.1) is 16.6 Å². The molecule has 0 spiro atoms. The first-order valence-electron chi connectivity index (χ1n) is 19.4. The van der Waals surface area contributed by atoms with E-state index in [4.69, 9.17) is 11.3 Å². The molecule has 1 N–H and O–H groups in total. The average molecular weight is 919 g/mol. The SMILES string of the molecule is [2H]C(C)(C)c1cc(-c2ccccc2)cc(-n2c(-c3ccccc3O)nc3c(-c4[c-]c(-c5cc(-c6ccc(C)cc6)ccn5)cc(-c5ccccc5)c4)cccc32)c1.[Pt]. The number of nitrogens with zero attached hydrogens (tertiary/aromatic N) is 3. The molecule has 4 nitrogen and oxygen atoms in total. The van der Waals surface area contributed by atoms with E-state index in [1.807, 2.05) is 68.6 Å². The molecule has 0 fully saturated rings. The zero-order chi connectivity index (χ0) is 39.1. The van der Waals surface area contributed by atoms with Gasteiger partial charge < -0.3 is 5.11 Å². The average Bonchev–Trinajstić information content (AvgIpc) is 3.64. The Labute approximate surface area is 349 Å². The summed E-state index contributed by atoms with van der Waals surface area (Å²) in [6.45, 7) is 5.92. The van der Waals surface area contributed by atoms with Crippen molar-refractivity contribution in [2.45, 2.75) is 26.7 Å². The van der Waals surface area contributed by atoms with E-state index in [0.717, 1.165) is 78.0 Å². The topological polar surface area (TPSA) is 50.9 Å². The van der Waals surface area contributed by atoms with Crippen molar-refractivity contribution < 1.29 is 27.5 Å². The first kappa shape index (κ1) is 36.3. The molecule has 9 aromatic rings. The van der Waals surface area contributed by atoms with E-state index in [0.29, 0.717) is 11.4 Å². The van der Waals surface area contributed by atoms with Crippen molar-refractivity contribution >= 4 is 11.0 Å². The van der Waals surface area contributed by atoms with Gasteiger partial charge in [-0.05, 0) is 82.6 Å². The maximum Gasteiger partial charge on any atom is 0.148 e. The fraction of sp³-hybridized carbons (Fsp3) is 0.0769. The summed E-state index contributed by atoms with van der Waals surface area (Å²) < 4.78 is 11.2. The van der Waals surface area contributed by atoms with Crippen molar-refractivity contribution in [1.29, 1.82) is 0 Å². The number of phenols is 1. The Hall–Kier alpha value is -6.35. The first-order chi connectivity index (χ1) is 27.7. The third kappa shape index (κ3) is 7.49. The standard InChI is InChI=1S/C52H40N3O.Pt/c1-34(2)40-27-42(37-15-8-5-9-16-37)32-45(31-40)55-49-19-12-18-46(51(49)54-52(55)47-17-10-11-20-50(47)56)43-28-41(36-13-6-4-7-14-36)29-44(30-43)48-33-39(25-26-53-48)38-23-21-35(3)22-24-38;/h4-29,31-34,56H,1-3H3;/q-1;/i34D;. The Balaban J connectivity index is 0.00000469. The molecule has 0 aliphatic rings. The van der Waals surface area contributed by atoms with E-state index in [9.17, 15) is 5.11 Å². The molecule has 0 radical (unpaired) electrons. The van der Waals surface area contributed by atoms with E-state index in [1.165, 1.54) is 5.56 Å². The minimum atomic E-state index is -0.871. The third-order valence-corrected chi connectivity index (χ3v) is 10.4. The van der Waals surface area contributed by atoms with E-state index in [-0.39, 0.29) is 26.8 Å². The number of hydrogen-bond donors (Lipinski definition) is 1. The smallest absolute Gasteiger partial charge is 0.148 e. The van der Waals surface area contributed by atoms with Crippen LogP contribution in [0.2, 0.25) is 0 Å². The number of fused-ring (bicyclic) bond motifs is 1. The molecule has 0 aliphatic carbocycles. The van der Waals surface area contributed by atoms with Gasteiger partial charge in [0.2, 0.25) is 0 Å².